The molecule has 1 aromatic rings. The lowest BCUT2D eigenvalue weighted by Gasteiger charge is -2.10. The third-order valence-corrected chi connectivity index (χ3v) is 5.66. The summed E-state index contributed by atoms with van der Waals surface area (Å²) in [6.07, 6.45) is 1.05. The number of hydrogen-bond donors (Lipinski definition) is 2. The first kappa shape index (κ1) is 14.8. The molecule has 1 fully saturated rings. The van der Waals surface area contributed by atoms with Gasteiger partial charge in [-0.05, 0) is 35.4 Å². The third kappa shape index (κ3) is 3.28. The average Bonchev–Trinajstić information content (AvgIpc) is 2.95. The van der Waals surface area contributed by atoms with Crippen molar-refractivity contribution < 1.29 is 8.42 Å². The highest BCUT2D eigenvalue weighted by molar-refractivity contribution is 7.89. The third-order valence-electron chi connectivity index (χ3n) is 3.76. The first-order chi connectivity index (χ1) is 8.76. The van der Waals surface area contributed by atoms with Crippen LogP contribution in [0.3, 0.4) is 0 Å². The molecule has 2 rings (SSSR count). The van der Waals surface area contributed by atoms with Crippen molar-refractivity contribution in [2.75, 3.05) is 6.54 Å². The zero-order chi connectivity index (χ0) is 14.3. The molecule has 1 aromatic carbocycles. The minimum atomic E-state index is -3.57. The molecule has 106 valence electrons. The van der Waals surface area contributed by atoms with Crippen LogP contribution in [0, 0.1) is 11.3 Å². The Morgan fingerprint density at radius 3 is 2.63 bits per heavy atom. The molecule has 0 aromatic heterocycles. The van der Waals surface area contributed by atoms with Gasteiger partial charge in [-0.3, -0.25) is 0 Å². The molecule has 19 heavy (non-hydrogen) atoms. The minimum absolute atomic E-state index is 0.107. The van der Waals surface area contributed by atoms with E-state index < -0.39 is 10.0 Å². The van der Waals surface area contributed by atoms with Crippen LogP contribution in [0.5, 0.6) is 0 Å². The molecule has 0 aliphatic heterocycles. The van der Waals surface area contributed by atoms with E-state index in [0.717, 1.165) is 12.0 Å². The van der Waals surface area contributed by atoms with E-state index in [9.17, 15) is 8.42 Å². The summed E-state index contributed by atoms with van der Waals surface area (Å²) in [6.45, 7) is 5.01. The quantitative estimate of drug-likeness (QED) is 0.875. The number of hydrogen-bond acceptors (Lipinski definition) is 3. The van der Waals surface area contributed by atoms with Gasteiger partial charge in [0.1, 0.15) is 4.90 Å². The first-order valence-electron chi connectivity index (χ1n) is 6.24. The van der Waals surface area contributed by atoms with Gasteiger partial charge in [-0.25, -0.2) is 13.1 Å². The largest absolute Gasteiger partial charge is 0.326 e. The Kier molecular flexibility index (Phi) is 3.93. The zero-order valence-electron chi connectivity index (χ0n) is 11.1. The fraction of sp³-hybridized carbons (Fsp3) is 0.538. The van der Waals surface area contributed by atoms with Gasteiger partial charge >= 0.3 is 0 Å². The Morgan fingerprint density at radius 1 is 1.47 bits per heavy atom. The summed E-state index contributed by atoms with van der Waals surface area (Å²) in [7, 11) is -3.57. The van der Waals surface area contributed by atoms with E-state index in [-0.39, 0.29) is 21.9 Å². The molecule has 0 radical (unpaired) electrons. The number of rotatable bonds is 5. The smallest absolute Gasteiger partial charge is 0.242 e. The van der Waals surface area contributed by atoms with E-state index in [0.29, 0.717) is 12.5 Å². The second-order valence-corrected chi connectivity index (χ2v) is 7.85. The van der Waals surface area contributed by atoms with Crippen molar-refractivity contribution in [1.29, 1.82) is 0 Å². The van der Waals surface area contributed by atoms with Gasteiger partial charge in [-0.15, -0.1) is 0 Å². The first-order valence-corrected chi connectivity index (χ1v) is 8.10. The van der Waals surface area contributed by atoms with Gasteiger partial charge in [0.15, 0.2) is 0 Å². The van der Waals surface area contributed by atoms with Crippen LogP contribution in [0.25, 0.3) is 0 Å². The van der Waals surface area contributed by atoms with Crippen LogP contribution in [0.15, 0.2) is 23.1 Å². The molecule has 4 nitrogen and oxygen atoms in total. The van der Waals surface area contributed by atoms with Gasteiger partial charge in [0.25, 0.3) is 0 Å². The second kappa shape index (κ2) is 5.05. The van der Waals surface area contributed by atoms with E-state index in [2.05, 4.69) is 18.6 Å². The van der Waals surface area contributed by atoms with Crippen molar-refractivity contribution in [3.63, 3.8) is 0 Å². The van der Waals surface area contributed by atoms with Crippen LogP contribution in [0.4, 0.5) is 0 Å². The van der Waals surface area contributed by atoms with Crippen LogP contribution < -0.4 is 10.5 Å². The minimum Gasteiger partial charge on any atom is -0.326 e. The van der Waals surface area contributed by atoms with Gasteiger partial charge in [-0.2, -0.15) is 0 Å². The standard InChI is InChI=1S/C13H19ClN2O2S/c1-13(2)6-10(13)8-16-19(17,18)12-5-9(7-15)3-4-11(12)14/h3-5,10,16H,6-8,15H2,1-2H3. The summed E-state index contributed by atoms with van der Waals surface area (Å²) in [5, 5.41) is 0.222. The van der Waals surface area contributed by atoms with Crippen molar-refractivity contribution >= 4 is 21.6 Å². The zero-order valence-corrected chi connectivity index (χ0v) is 12.7. The van der Waals surface area contributed by atoms with E-state index in [1.165, 1.54) is 6.07 Å². The SMILES string of the molecule is CC1(C)CC1CNS(=O)(=O)c1cc(CN)ccc1Cl. The highest BCUT2D eigenvalue weighted by atomic mass is 35.5. The van der Waals surface area contributed by atoms with Crippen LogP contribution >= 0.6 is 11.6 Å². The van der Waals surface area contributed by atoms with Gasteiger partial charge in [-0.1, -0.05) is 31.5 Å². The Bertz CT molecular complexity index is 584. The summed E-state index contributed by atoms with van der Waals surface area (Å²) in [6, 6.07) is 4.83. The van der Waals surface area contributed by atoms with Gasteiger partial charge < -0.3 is 5.73 Å². The predicted octanol–water partition coefficient (Wildman–Crippen LogP) is 2.12. The summed E-state index contributed by atoms with van der Waals surface area (Å²) in [5.41, 5.74) is 6.51. The van der Waals surface area contributed by atoms with Crippen molar-refractivity contribution in [1.82, 2.24) is 4.72 Å². The number of halogens is 1. The molecule has 1 unspecified atom stereocenters. The van der Waals surface area contributed by atoms with Crippen LogP contribution in [-0.2, 0) is 16.6 Å². The monoisotopic (exact) mass is 302 g/mol. The summed E-state index contributed by atoms with van der Waals surface area (Å²) in [4.78, 5) is 0.107. The molecule has 0 saturated heterocycles. The molecular formula is C13H19ClN2O2S. The Morgan fingerprint density at radius 2 is 2.11 bits per heavy atom. The Balaban J connectivity index is 2.15. The molecule has 3 N–H and O–H groups in total. The predicted molar refractivity (Wildman–Crippen MR) is 76.4 cm³/mol. The van der Waals surface area contributed by atoms with Crippen LogP contribution in [0.2, 0.25) is 5.02 Å². The molecule has 1 atom stereocenters. The lowest BCUT2D eigenvalue weighted by Crippen LogP contribution is -2.27. The molecule has 0 spiro atoms. The van der Waals surface area contributed by atoms with E-state index in [1.54, 1.807) is 12.1 Å². The molecule has 1 saturated carbocycles. The van der Waals surface area contributed by atoms with Crippen LogP contribution in [0.1, 0.15) is 25.8 Å². The topological polar surface area (TPSA) is 72.2 Å². The Labute approximate surface area is 119 Å². The maximum absolute atomic E-state index is 12.2. The fourth-order valence-electron chi connectivity index (χ4n) is 2.09. The molecule has 0 bridgehead atoms. The maximum Gasteiger partial charge on any atom is 0.242 e. The maximum atomic E-state index is 12.2. The van der Waals surface area contributed by atoms with E-state index in [1.807, 2.05) is 0 Å². The molecule has 0 amide bonds. The second-order valence-electron chi connectivity index (χ2n) is 5.71. The average molecular weight is 303 g/mol. The van der Waals surface area contributed by atoms with Gasteiger partial charge in [0, 0.05) is 13.1 Å². The van der Waals surface area contributed by atoms with Crippen LogP contribution in [-0.4, -0.2) is 15.0 Å². The molecule has 0 heterocycles. The number of benzene rings is 1. The number of nitrogens with one attached hydrogen (secondary N) is 1. The highest BCUT2D eigenvalue weighted by Gasteiger charge is 2.45. The number of sulfonamides is 1. The number of nitrogens with two attached hydrogens (primary N) is 1. The molecular weight excluding hydrogens is 284 g/mol. The van der Waals surface area contributed by atoms with E-state index >= 15 is 0 Å². The molecule has 1 aliphatic rings. The van der Waals surface area contributed by atoms with Crippen molar-refractivity contribution in [3.05, 3.63) is 28.8 Å². The lowest BCUT2D eigenvalue weighted by molar-refractivity contribution is 0.537. The summed E-state index contributed by atoms with van der Waals surface area (Å²) < 4.78 is 27.1. The van der Waals surface area contributed by atoms with Crippen molar-refractivity contribution in [2.24, 2.45) is 17.1 Å². The summed E-state index contributed by atoms with van der Waals surface area (Å²) in [5.74, 6) is 0.402. The van der Waals surface area contributed by atoms with Crippen molar-refractivity contribution in [2.45, 2.75) is 31.7 Å². The van der Waals surface area contributed by atoms with Gasteiger partial charge in [0.2, 0.25) is 10.0 Å². The Hall–Kier alpha value is -0.620. The molecule has 6 heteroatoms. The summed E-state index contributed by atoms with van der Waals surface area (Å²) >= 11 is 5.96. The normalized spacial score (nSPS) is 21.4. The van der Waals surface area contributed by atoms with Crippen molar-refractivity contribution in [3.8, 4) is 0 Å². The highest BCUT2D eigenvalue weighted by Crippen LogP contribution is 2.51. The van der Waals surface area contributed by atoms with E-state index in [4.69, 9.17) is 17.3 Å². The fourth-order valence-corrected chi connectivity index (χ4v) is 3.72. The van der Waals surface area contributed by atoms with Gasteiger partial charge in [0.05, 0.1) is 5.02 Å². The molecule has 1 aliphatic carbocycles. The lowest BCUT2D eigenvalue weighted by atomic mass is 10.1.